The largest absolute Gasteiger partial charge is 0.347 e. The van der Waals surface area contributed by atoms with Gasteiger partial charge in [-0.25, -0.2) is 9.59 Å². The van der Waals surface area contributed by atoms with Crippen LogP contribution in [-0.4, -0.2) is 33.4 Å². The van der Waals surface area contributed by atoms with Crippen LogP contribution in [0.4, 0.5) is 4.79 Å². The van der Waals surface area contributed by atoms with Gasteiger partial charge in [-0.1, -0.05) is 6.92 Å². The summed E-state index contributed by atoms with van der Waals surface area (Å²) in [6, 6.07) is -0.995. The van der Waals surface area contributed by atoms with Gasteiger partial charge in [-0.05, 0) is 12.5 Å². The maximum Gasteiger partial charge on any atom is 0.347 e. The van der Waals surface area contributed by atoms with Gasteiger partial charge < -0.3 is 9.47 Å². The first-order chi connectivity index (χ1) is 8.82. The average molecular weight is 264 g/mol. The number of rotatable bonds is 1. The minimum atomic E-state index is -0.518. The third-order valence-corrected chi connectivity index (χ3v) is 3.44. The van der Waals surface area contributed by atoms with Crippen molar-refractivity contribution in [2.24, 2.45) is 13.0 Å². The first kappa shape index (κ1) is 13.3. The van der Waals surface area contributed by atoms with Crippen LogP contribution in [0.25, 0.3) is 0 Å². The molecule has 2 atom stereocenters. The lowest BCUT2D eigenvalue weighted by atomic mass is 9.92. The Morgan fingerprint density at radius 3 is 2.53 bits per heavy atom. The Bertz CT molecular complexity index is 587. The highest BCUT2D eigenvalue weighted by molar-refractivity contribution is 5.98. The molecule has 0 aromatic carbocycles. The molecular formula is C12H16N4O3. The van der Waals surface area contributed by atoms with Gasteiger partial charge in [0.25, 0.3) is 0 Å². The van der Waals surface area contributed by atoms with Crippen LogP contribution in [0.5, 0.6) is 0 Å². The minimum Gasteiger partial charge on any atom is -0.318 e. The summed E-state index contributed by atoms with van der Waals surface area (Å²) in [6.45, 7) is 3.51. The fourth-order valence-electron chi connectivity index (χ4n) is 2.31. The van der Waals surface area contributed by atoms with Gasteiger partial charge in [0, 0.05) is 20.3 Å². The van der Waals surface area contributed by atoms with Gasteiger partial charge in [0.2, 0.25) is 5.91 Å². The molecule has 102 valence electrons. The van der Waals surface area contributed by atoms with Crippen LogP contribution >= 0.6 is 0 Å². The fraction of sp³-hybridized carbons (Fsp3) is 0.500. The number of aromatic nitrogens is 2. The molecule has 19 heavy (non-hydrogen) atoms. The van der Waals surface area contributed by atoms with Gasteiger partial charge in [0.05, 0.1) is 17.7 Å². The van der Waals surface area contributed by atoms with E-state index >= 15 is 0 Å². The zero-order chi connectivity index (χ0) is 14.3. The summed E-state index contributed by atoms with van der Waals surface area (Å²) >= 11 is 0. The summed E-state index contributed by atoms with van der Waals surface area (Å²) in [4.78, 5) is 40.5. The van der Waals surface area contributed by atoms with Crippen LogP contribution in [0.2, 0.25) is 0 Å². The molecule has 1 aromatic rings. The second-order valence-corrected chi connectivity index (χ2v) is 4.84. The fourth-order valence-corrected chi connectivity index (χ4v) is 2.31. The number of carbonyl (C=O) groups is 2. The number of amides is 3. The number of carbonyl (C=O) groups excluding carboxylic acids is 2. The highest BCUT2D eigenvalue weighted by Crippen LogP contribution is 2.30. The number of imide groups is 1. The molecule has 0 unspecified atom stereocenters. The van der Waals surface area contributed by atoms with Crippen molar-refractivity contribution < 1.29 is 9.59 Å². The van der Waals surface area contributed by atoms with E-state index in [0.717, 1.165) is 5.56 Å². The van der Waals surface area contributed by atoms with E-state index in [-0.39, 0.29) is 5.91 Å². The SMILES string of the molecule is Cc1cn(C)c(=O)nc1[C@H]1[C@@H](C)C(=O)NC(=O)N1C. The molecule has 0 spiro atoms. The number of hydrogen-bond acceptors (Lipinski definition) is 4. The molecule has 2 heterocycles. The molecule has 1 aliphatic rings. The normalized spacial score (nSPS) is 23.5. The second kappa shape index (κ2) is 4.49. The van der Waals surface area contributed by atoms with Crippen molar-refractivity contribution in [1.82, 2.24) is 19.8 Å². The molecule has 1 saturated heterocycles. The first-order valence-corrected chi connectivity index (χ1v) is 5.94. The molecule has 2 rings (SSSR count). The summed E-state index contributed by atoms with van der Waals surface area (Å²) in [5.41, 5.74) is 0.842. The highest BCUT2D eigenvalue weighted by atomic mass is 16.2. The Hall–Kier alpha value is -2.18. The third kappa shape index (κ3) is 2.11. The van der Waals surface area contributed by atoms with Crippen LogP contribution in [0.3, 0.4) is 0 Å². The van der Waals surface area contributed by atoms with Crippen LogP contribution in [-0.2, 0) is 11.8 Å². The Morgan fingerprint density at radius 2 is 1.89 bits per heavy atom. The van der Waals surface area contributed by atoms with Gasteiger partial charge in [-0.15, -0.1) is 0 Å². The Morgan fingerprint density at radius 1 is 1.26 bits per heavy atom. The number of nitrogens with one attached hydrogen (secondary N) is 1. The number of aryl methyl sites for hydroxylation is 2. The minimum absolute atomic E-state index is 0.352. The zero-order valence-corrected chi connectivity index (χ0v) is 11.3. The van der Waals surface area contributed by atoms with Crippen molar-refractivity contribution in [3.05, 3.63) is 27.9 Å². The molecular weight excluding hydrogens is 248 g/mol. The van der Waals surface area contributed by atoms with E-state index in [9.17, 15) is 14.4 Å². The van der Waals surface area contributed by atoms with Crippen LogP contribution in [0.15, 0.2) is 11.0 Å². The predicted octanol–water partition coefficient (Wildman–Crippen LogP) is -0.0525. The summed E-state index contributed by atoms with van der Waals surface area (Å²) in [5.74, 6) is -0.809. The molecule has 1 aliphatic heterocycles. The standard InChI is InChI=1S/C12H16N4O3/c1-6-5-15(3)11(18)13-8(6)9-7(2)10(17)14-12(19)16(9)4/h5,7,9H,1-4H3,(H,14,17,19)/t7-,9-/m1/s1. The number of nitrogens with zero attached hydrogens (tertiary/aromatic N) is 3. The van der Waals surface area contributed by atoms with Crippen LogP contribution < -0.4 is 11.0 Å². The first-order valence-electron chi connectivity index (χ1n) is 5.94. The summed E-state index contributed by atoms with van der Waals surface area (Å²) < 4.78 is 1.37. The average Bonchev–Trinajstić information content (AvgIpc) is 2.33. The summed E-state index contributed by atoms with van der Waals surface area (Å²) in [7, 11) is 3.19. The lowest BCUT2D eigenvalue weighted by Crippen LogP contribution is -2.54. The van der Waals surface area contributed by atoms with Crippen molar-refractivity contribution in [1.29, 1.82) is 0 Å². The van der Waals surface area contributed by atoms with Gasteiger partial charge >= 0.3 is 11.7 Å². The van der Waals surface area contributed by atoms with Gasteiger partial charge in [-0.2, -0.15) is 4.98 Å². The van der Waals surface area contributed by atoms with Crippen molar-refractivity contribution in [3.8, 4) is 0 Å². The molecule has 1 N–H and O–H groups in total. The molecule has 3 amide bonds. The van der Waals surface area contributed by atoms with Crippen molar-refractivity contribution in [2.45, 2.75) is 19.9 Å². The summed E-state index contributed by atoms with van der Waals surface area (Å²) in [6.07, 6.45) is 1.65. The van der Waals surface area contributed by atoms with Crippen molar-refractivity contribution >= 4 is 11.9 Å². The lowest BCUT2D eigenvalue weighted by Gasteiger charge is -2.36. The van der Waals surface area contributed by atoms with Crippen LogP contribution in [0.1, 0.15) is 24.2 Å². The van der Waals surface area contributed by atoms with E-state index < -0.39 is 23.7 Å². The van der Waals surface area contributed by atoms with E-state index in [1.807, 2.05) is 0 Å². The van der Waals surface area contributed by atoms with E-state index in [1.165, 1.54) is 9.47 Å². The smallest absolute Gasteiger partial charge is 0.318 e. The van der Waals surface area contributed by atoms with E-state index in [1.54, 1.807) is 34.1 Å². The number of hydrogen-bond donors (Lipinski definition) is 1. The van der Waals surface area contributed by atoms with Crippen molar-refractivity contribution in [3.63, 3.8) is 0 Å². The molecule has 7 nitrogen and oxygen atoms in total. The molecule has 0 bridgehead atoms. The predicted molar refractivity (Wildman–Crippen MR) is 67.4 cm³/mol. The van der Waals surface area contributed by atoms with Crippen molar-refractivity contribution in [2.75, 3.05) is 7.05 Å². The topological polar surface area (TPSA) is 84.3 Å². The van der Waals surface area contributed by atoms with E-state index in [4.69, 9.17) is 0 Å². The van der Waals surface area contributed by atoms with Gasteiger partial charge in [0.15, 0.2) is 0 Å². The van der Waals surface area contributed by atoms with Gasteiger partial charge in [0.1, 0.15) is 0 Å². The molecule has 0 aliphatic carbocycles. The molecule has 0 saturated carbocycles. The summed E-state index contributed by atoms with van der Waals surface area (Å²) in [5, 5.41) is 2.26. The third-order valence-electron chi connectivity index (χ3n) is 3.44. The monoisotopic (exact) mass is 264 g/mol. The molecule has 1 aromatic heterocycles. The Labute approximate surface area is 110 Å². The number of urea groups is 1. The molecule has 7 heteroatoms. The van der Waals surface area contributed by atoms with E-state index in [0.29, 0.717) is 5.69 Å². The van der Waals surface area contributed by atoms with Crippen LogP contribution in [0, 0.1) is 12.8 Å². The second-order valence-electron chi connectivity index (χ2n) is 4.84. The maximum atomic E-state index is 11.7. The molecule has 1 fully saturated rings. The Kier molecular flexibility index (Phi) is 3.13. The lowest BCUT2D eigenvalue weighted by molar-refractivity contribution is -0.127. The van der Waals surface area contributed by atoms with E-state index in [2.05, 4.69) is 10.3 Å². The zero-order valence-electron chi connectivity index (χ0n) is 11.3. The molecule has 0 radical (unpaired) electrons. The highest BCUT2D eigenvalue weighted by Gasteiger charge is 2.39. The van der Waals surface area contributed by atoms with Gasteiger partial charge in [-0.3, -0.25) is 10.1 Å². The quantitative estimate of drug-likeness (QED) is 0.770. The Balaban J connectivity index is 2.55. The maximum absolute atomic E-state index is 11.7.